The van der Waals surface area contributed by atoms with E-state index in [2.05, 4.69) is 0 Å². The first kappa shape index (κ1) is 14.7. The fourth-order valence-corrected chi connectivity index (χ4v) is 3.21. The zero-order chi connectivity index (χ0) is 15.7. The van der Waals surface area contributed by atoms with Gasteiger partial charge in [-0.05, 0) is 41.8 Å². The Kier molecular flexibility index (Phi) is 3.72. The van der Waals surface area contributed by atoms with E-state index in [1.165, 1.54) is 6.07 Å². The molecule has 114 valence electrons. The van der Waals surface area contributed by atoms with Gasteiger partial charge in [0.15, 0.2) is 0 Å². The van der Waals surface area contributed by atoms with Gasteiger partial charge < -0.3 is 4.90 Å². The van der Waals surface area contributed by atoms with Crippen molar-refractivity contribution >= 4 is 15.9 Å². The second kappa shape index (κ2) is 5.55. The van der Waals surface area contributed by atoms with E-state index in [1.54, 1.807) is 29.2 Å². The molecule has 1 amide bonds. The summed E-state index contributed by atoms with van der Waals surface area (Å²) in [6, 6.07) is 13.9. The number of hydrogen-bond donors (Lipinski definition) is 1. The highest BCUT2D eigenvalue weighted by Crippen LogP contribution is 2.23. The van der Waals surface area contributed by atoms with E-state index in [0.717, 1.165) is 11.1 Å². The molecule has 0 bridgehead atoms. The molecule has 5 nitrogen and oxygen atoms in total. The molecule has 0 aromatic heterocycles. The molecule has 0 atom stereocenters. The largest absolute Gasteiger partial charge is 0.334 e. The maximum absolute atomic E-state index is 12.5. The third-order valence-electron chi connectivity index (χ3n) is 3.83. The quantitative estimate of drug-likeness (QED) is 0.912. The van der Waals surface area contributed by atoms with E-state index in [1.807, 2.05) is 18.2 Å². The van der Waals surface area contributed by atoms with Gasteiger partial charge in [-0.25, -0.2) is 13.6 Å². The van der Waals surface area contributed by atoms with Crippen LogP contribution in [0.1, 0.15) is 21.5 Å². The number of carbonyl (C=O) groups excluding carboxylic acids is 1. The molecule has 1 heterocycles. The highest BCUT2D eigenvalue weighted by molar-refractivity contribution is 7.89. The zero-order valence-electron chi connectivity index (χ0n) is 11.9. The van der Waals surface area contributed by atoms with Gasteiger partial charge in [-0.2, -0.15) is 0 Å². The number of nitrogens with zero attached hydrogens (tertiary/aromatic N) is 1. The summed E-state index contributed by atoms with van der Waals surface area (Å²) in [7, 11) is -3.73. The van der Waals surface area contributed by atoms with E-state index in [4.69, 9.17) is 5.14 Å². The monoisotopic (exact) mass is 316 g/mol. The first-order valence-electron chi connectivity index (χ1n) is 6.94. The number of rotatable bonds is 2. The van der Waals surface area contributed by atoms with Crippen molar-refractivity contribution in [3.63, 3.8) is 0 Å². The van der Waals surface area contributed by atoms with Crippen LogP contribution in [0.5, 0.6) is 0 Å². The average Bonchev–Trinajstić information content (AvgIpc) is 2.53. The number of sulfonamides is 1. The van der Waals surface area contributed by atoms with Crippen LogP contribution in [0.15, 0.2) is 53.4 Å². The van der Waals surface area contributed by atoms with Crippen LogP contribution in [0.3, 0.4) is 0 Å². The molecule has 6 heteroatoms. The Hall–Kier alpha value is -2.18. The molecule has 1 aliphatic heterocycles. The summed E-state index contributed by atoms with van der Waals surface area (Å²) >= 11 is 0. The highest BCUT2D eigenvalue weighted by Gasteiger charge is 2.23. The van der Waals surface area contributed by atoms with E-state index in [0.29, 0.717) is 25.1 Å². The van der Waals surface area contributed by atoms with Crippen LogP contribution in [-0.2, 0) is 23.0 Å². The zero-order valence-corrected chi connectivity index (χ0v) is 12.7. The van der Waals surface area contributed by atoms with Crippen LogP contribution < -0.4 is 5.14 Å². The van der Waals surface area contributed by atoms with E-state index in [-0.39, 0.29) is 10.8 Å². The average molecular weight is 316 g/mol. The van der Waals surface area contributed by atoms with Gasteiger partial charge in [0.1, 0.15) is 0 Å². The van der Waals surface area contributed by atoms with E-state index >= 15 is 0 Å². The summed E-state index contributed by atoms with van der Waals surface area (Å²) in [4.78, 5) is 14.3. The molecule has 2 aromatic rings. The second-order valence-corrected chi connectivity index (χ2v) is 6.88. The summed E-state index contributed by atoms with van der Waals surface area (Å²) in [5.74, 6) is -0.0488. The van der Waals surface area contributed by atoms with Gasteiger partial charge in [-0.3, -0.25) is 4.79 Å². The summed E-state index contributed by atoms with van der Waals surface area (Å²) in [5.41, 5.74) is 2.53. The van der Waals surface area contributed by atoms with Gasteiger partial charge in [-0.15, -0.1) is 0 Å². The number of primary sulfonamides is 1. The molecule has 22 heavy (non-hydrogen) atoms. The van der Waals surface area contributed by atoms with Gasteiger partial charge in [0.2, 0.25) is 10.0 Å². The van der Waals surface area contributed by atoms with E-state index < -0.39 is 10.0 Å². The third-order valence-corrected chi connectivity index (χ3v) is 4.74. The SMILES string of the molecule is NS(=O)(=O)c1ccc2c(c1)CN(C(=O)c1ccccc1)CC2. The molecule has 0 spiro atoms. The number of hydrogen-bond acceptors (Lipinski definition) is 3. The molecule has 2 N–H and O–H groups in total. The Labute approximate surface area is 129 Å². The van der Waals surface area contributed by atoms with Gasteiger partial charge in [0.25, 0.3) is 5.91 Å². The van der Waals surface area contributed by atoms with Crippen molar-refractivity contribution in [3.8, 4) is 0 Å². The number of amides is 1. The van der Waals surface area contributed by atoms with E-state index in [9.17, 15) is 13.2 Å². The Morgan fingerprint density at radius 1 is 1.05 bits per heavy atom. The van der Waals surface area contributed by atoms with Crippen LogP contribution >= 0.6 is 0 Å². The minimum absolute atomic E-state index is 0.0488. The predicted octanol–water partition coefficient (Wildman–Crippen LogP) is 1.53. The van der Waals surface area contributed by atoms with Crippen molar-refractivity contribution in [2.24, 2.45) is 5.14 Å². The maximum atomic E-state index is 12.5. The third kappa shape index (κ3) is 2.88. The Morgan fingerprint density at radius 2 is 1.77 bits per heavy atom. The molecule has 2 aromatic carbocycles. The lowest BCUT2D eigenvalue weighted by atomic mass is 9.99. The fourth-order valence-electron chi connectivity index (χ4n) is 2.65. The van der Waals surface area contributed by atoms with Gasteiger partial charge in [0, 0.05) is 18.7 Å². The summed E-state index contributed by atoms with van der Waals surface area (Å²) in [6.45, 7) is 1.02. The minimum Gasteiger partial charge on any atom is -0.334 e. The molecular weight excluding hydrogens is 300 g/mol. The van der Waals surface area contributed by atoms with Crippen LogP contribution in [0.4, 0.5) is 0 Å². The van der Waals surface area contributed by atoms with Crippen molar-refractivity contribution in [1.29, 1.82) is 0 Å². The fraction of sp³-hybridized carbons (Fsp3) is 0.188. The number of nitrogens with two attached hydrogens (primary N) is 1. The van der Waals surface area contributed by atoms with Crippen molar-refractivity contribution in [2.75, 3.05) is 6.54 Å². The number of carbonyl (C=O) groups is 1. The molecule has 0 aliphatic carbocycles. The van der Waals surface area contributed by atoms with Crippen LogP contribution in [0.2, 0.25) is 0 Å². The van der Waals surface area contributed by atoms with Crippen LogP contribution in [0, 0.1) is 0 Å². The molecule has 0 radical (unpaired) electrons. The lowest BCUT2D eigenvalue weighted by Crippen LogP contribution is -2.36. The Morgan fingerprint density at radius 3 is 2.45 bits per heavy atom. The standard InChI is InChI=1S/C16H16N2O3S/c17-22(20,21)15-7-6-12-8-9-18(11-14(12)10-15)16(19)13-4-2-1-3-5-13/h1-7,10H,8-9,11H2,(H2,17,20,21). The van der Waals surface area contributed by atoms with Gasteiger partial charge in [0.05, 0.1) is 4.90 Å². The predicted molar refractivity (Wildman–Crippen MR) is 82.7 cm³/mol. The summed E-state index contributed by atoms with van der Waals surface area (Å²) in [5, 5.41) is 5.17. The lowest BCUT2D eigenvalue weighted by Gasteiger charge is -2.29. The van der Waals surface area contributed by atoms with Crippen molar-refractivity contribution in [2.45, 2.75) is 17.9 Å². The molecule has 0 fully saturated rings. The summed E-state index contributed by atoms with van der Waals surface area (Å²) < 4.78 is 22.9. The normalized spacial score (nSPS) is 14.5. The lowest BCUT2D eigenvalue weighted by molar-refractivity contribution is 0.0734. The summed E-state index contributed by atoms with van der Waals surface area (Å²) in [6.07, 6.45) is 0.707. The topological polar surface area (TPSA) is 80.5 Å². The van der Waals surface area contributed by atoms with Crippen molar-refractivity contribution < 1.29 is 13.2 Å². The van der Waals surface area contributed by atoms with Crippen molar-refractivity contribution in [1.82, 2.24) is 4.90 Å². The minimum atomic E-state index is -3.73. The molecule has 0 unspecified atom stereocenters. The molecule has 0 saturated heterocycles. The second-order valence-electron chi connectivity index (χ2n) is 5.32. The molecule has 3 rings (SSSR count). The molecule has 1 aliphatic rings. The first-order chi connectivity index (χ1) is 10.4. The Balaban J connectivity index is 1.88. The van der Waals surface area contributed by atoms with Gasteiger partial charge >= 0.3 is 0 Å². The van der Waals surface area contributed by atoms with Crippen molar-refractivity contribution in [3.05, 3.63) is 65.2 Å². The molecule has 0 saturated carbocycles. The Bertz CT molecular complexity index is 817. The maximum Gasteiger partial charge on any atom is 0.254 e. The van der Waals surface area contributed by atoms with Crippen LogP contribution in [-0.4, -0.2) is 25.8 Å². The number of benzene rings is 2. The number of fused-ring (bicyclic) bond motifs is 1. The smallest absolute Gasteiger partial charge is 0.254 e. The highest BCUT2D eigenvalue weighted by atomic mass is 32.2. The van der Waals surface area contributed by atoms with Gasteiger partial charge in [-0.1, -0.05) is 24.3 Å². The first-order valence-corrected chi connectivity index (χ1v) is 8.49. The molecular formula is C16H16N2O3S. The van der Waals surface area contributed by atoms with Crippen LogP contribution in [0.25, 0.3) is 0 Å².